The van der Waals surface area contributed by atoms with E-state index >= 15 is 0 Å². The lowest BCUT2D eigenvalue weighted by atomic mass is 9.53. The van der Waals surface area contributed by atoms with Gasteiger partial charge in [-0.3, -0.25) is 10.1 Å². The molecule has 3 saturated carbocycles. The quantitative estimate of drug-likeness (QED) is 0.245. The number of carbonyl (C=O) groups excluding carboxylic acids is 2. The summed E-state index contributed by atoms with van der Waals surface area (Å²) in [6, 6.07) is 4.90. The van der Waals surface area contributed by atoms with Gasteiger partial charge in [0, 0.05) is 34.8 Å². The maximum absolute atomic E-state index is 13.6. The lowest BCUT2D eigenvalue weighted by molar-refractivity contribution is -0.147. The molecule has 1 aromatic carbocycles. The number of esters is 1. The molecule has 3 aliphatic carbocycles. The Balaban J connectivity index is 1.54. The fraction of sp³-hybridized carbons (Fsp3) is 0.656. The predicted octanol–water partition coefficient (Wildman–Crippen LogP) is 7.56. The van der Waals surface area contributed by atoms with Gasteiger partial charge in [0.25, 0.3) is 0 Å². The van der Waals surface area contributed by atoms with Gasteiger partial charge in [-0.1, -0.05) is 6.07 Å². The number of sulfonamides is 1. The average molecular weight is 634 g/mol. The normalized spacial score (nSPS) is 22.2. The second-order valence-corrected chi connectivity index (χ2v) is 16.5. The van der Waals surface area contributed by atoms with Crippen LogP contribution in [0.3, 0.4) is 0 Å². The van der Waals surface area contributed by atoms with E-state index in [-0.39, 0.29) is 28.5 Å². The number of rotatable bonds is 11. The SMILES string of the molecule is CC(C)OC(=O)CCCC12CCC(c3ncc(-c4ccc(NC(=O)OC(C)C)cc4S(=O)(=O)NC(C)(C)C)s3)(CC1)CC2. The third-order valence-electron chi connectivity index (χ3n) is 8.38. The first kappa shape index (κ1) is 33.4. The number of amides is 1. The second-order valence-electron chi connectivity index (χ2n) is 13.8. The largest absolute Gasteiger partial charge is 0.463 e. The van der Waals surface area contributed by atoms with Gasteiger partial charge in [-0.15, -0.1) is 11.3 Å². The number of nitrogens with zero attached hydrogens (tertiary/aromatic N) is 1. The summed E-state index contributed by atoms with van der Waals surface area (Å²) in [5.41, 5.74) is 0.486. The van der Waals surface area contributed by atoms with Crippen LogP contribution < -0.4 is 10.0 Å². The minimum absolute atomic E-state index is 0.00599. The van der Waals surface area contributed by atoms with Gasteiger partial charge < -0.3 is 9.47 Å². The Hall–Kier alpha value is -2.50. The molecule has 2 bridgehead atoms. The summed E-state index contributed by atoms with van der Waals surface area (Å²) >= 11 is 1.57. The van der Waals surface area contributed by atoms with Crippen molar-refractivity contribution in [1.82, 2.24) is 9.71 Å². The van der Waals surface area contributed by atoms with Crippen LogP contribution in [-0.2, 0) is 29.7 Å². The summed E-state index contributed by atoms with van der Waals surface area (Å²) in [4.78, 5) is 30.0. The number of hydrogen-bond acceptors (Lipinski definition) is 8. The second kappa shape index (κ2) is 12.9. The van der Waals surface area contributed by atoms with Crippen molar-refractivity contribution in [3.8, 4) is 10.4 Å². The molecule has 0 atom stereocenters. The molecular weight excluding hydrogens is 587 g/mol. The minimum atomic E-state index is -3.93. The van der Waals surface area contributed by atoms with Gasteiger partial charge in [0.2, 0.25) is 10.0 Å². The van der Waals surface area contributed by atoms with Crippen molar-refractivity contribution in [3.63, 3.8) is 0 Å². The van der Waals surface area contributed by atoms with Crippen LogP contribution in [0.4, 0.5) is 10.5 Å². The summed E-state index contributed by atoms with van der Waals surface area (Å²) in [5.74, 6) is -0.110. The topological polar surface area (TPSA) is 124 Å². The van der Waals surface area contributed by atoms with Gasteiger partial charge in [0.1, 0.15) is 0 Å². The number of aromatic nitrogens is 1. The molecule has 0 saturated heterocycles. The van der Waals surface area contributed by atoms with E-state index in [4.69, 9.17) is 14.5 Å². The molecule has 1 amide bonds. The highest BCUT2D eigenvalue weighted by molar-refractivity contribution is 7.89. The molecule has 43 heavy (non-hydrogen) atoms. The first-order valence-electron chi connectivity index (χ1n) is 15.3. The Kier molecular flexibility index (Phi) is 9.98. The van der Waals surface area contributed by atoms with E-state index in [1.807, 2.05) is 13.8 Å². The van der Waals surface area contributed by atoms with Gasteiger partial charge >= 0.3 is 12.1 Å². The van der Waals surface area contributed by atoms with E-state index < -0.39 is 21.7 Å². The van der Waals surface area contributed by atoms with E-state index in [0.717, 1.165) is 61.3 Å². The molecule has 5 rings (SSSR count). The molecule has 3 fully saturated rings. The van der Waals surface area contributed by atoms with Crippen LogP contribution in [-0.4, -0.2) is 43.2 Å². The molecule has 2 aromatic rings. The molecule has 1 heterocycles. The zero-order chi connectivity index (χ0) is 31.6. The minimum Gasteiger partial charge on any atom is -0.463 e. The number of thiazole rings is 1. The van der Waals surface area contributed by atoms with Gasteiger partial charge in [0.15, 0.2) is 0 Å². The van der Waals surface area contributed by atoms with E-state index in [1.165, 1.54) is 6.07 Å². The molecule has 0 aliphatic heterocycles. The summed E-state index contributed by atoms with van der Waals surface area (Å²) in [6.07, 6.45) is 9.64. The van der Waals surface area contributed by atoms with E-state index in [9.17, 15) is 18.0 Å². The molecule has 0 spiro atoms. The highest BCUT2D eigenvalue weighted by atomic mass is 32.2. The predicted molar refractivity (Wildman–Crippen MR) is 170 cm³/mol. The van der Waals surface area contributed by atoms with Crippen molar-refractivity contribution in [2.24, 2.45) is 5.41 Å². The third kappa shape index (κ3) is 8.36. The number of nitrogens with one attached hydrogen (secondary N) is 2. The van der Waals surface area contributed by atoms with Crippen LogP contribution in [0.5, 0.6) is 0 Å². The van der Waals surface area contributed by atoms with Gasteiger partial charge in [-0.2, -0.15) is 0 Å². The van der Waals surface area contributed by atoms with Gasteiger partial charge in [-0.05, 0) is 117 Å². The van der Waals surface area contributed by atoms with Crippen LogP contribution in [0.2, 0.25) is 0 Å². The molecule has 238 valence electrons. The Bertz CT molecular complexity index is 1400. The van der Waals surface area contributed by atoms with Gasteiger partial charge in [0.05, 0.1) is 27.0 Å². The monoisotopic (exact) mass is 633 g/mol. The first-order valence-corrected chi connectivity index (χ1v) is 17.6. The molecule has 1 aromatic heterocycles. The lowest BCUT2D eigenvalue weighted by Gasteiger charge is -2.53. The molecule has 3 aliphatic rings. The van der Waals surface area contributed by atoms with Crippen LogP contribution >= 0.6 is 11.3 Å². The van der Waals surface area contributed by atoms with Crippen molar-refractivity contribution in [3.05, 3.63) is 29.4 Å². The number of hydrogen-bond donors (Lipinski definition) is 2. The smallest absolute Gasteiger partial charge is 0.411 e. The van der Waals surface area contributed by atoms with Crippen LogP contribution in [0.15, 0.2) is 29.3 Å². The van der Waals surface area contributed by atoms with Crippen molar-refractivity contribution in [1.29, 1.82) is 0 Å². The third-order valence-corrected chi connectivity index (χ3v) is 11.5. The van der Waals surface area contributed by atoms with Crippen molar-refractivity contribution in [2.45, 2.75) is 134 Å². The zero-order valence-corrected chi connectivity index (χ0v) is 28.2. The first-order chi connectivity index (χ1) is 20.0. The summed E-state index contributed by atoms with van der Waals surface area (Å²) in [5, 5.41) is 3.71. The lowest BCUT2D eigenvalue weighted by Crippen LogP contribution is -2.44. The fourth-order valence-corrected chi connectivity index (χ4v) is 9.34. The number of ether oxygens (including phenoxy) is 2. The number of fused-ring (bicyclic) bond motifs is 3. The van der Waals surface area contributed by atoms with Crippen LogP contribution in [0.25, 0.3) is 10.4 Å². The molecule has 11 heteroatoms. The Morgan fingerprint density at radius 1 is 1.00 bits per heavy atom. The van der Waals surface area contributed by atoms with E-state index in [1.54, 1.807) is 64.3 Å². The molecule has 2 N–H and O–H groups in total. The highest BCUT2D eigenvalue weighted by Crippen LogP contribution is 2.60. The van der Waals surface area contributed by atoms with Crippen molar-refractivity contribution < 1.29 is 27.5 Å². The standard InChI is InChI=1S/C32H47N3O6S2/c1-21(2)40-27(36)9-8-12-31-13-16-32(17-14-31,18-15-31)28-33-20-25(42-28)24-11-10-23(34-29(37)41-22(3)4)19-26(24)43(38,39)35-30(5,6)7/h10-11,19-22,35H,8-9,12-18H2,1-7H3,(H,34,37). The number of carbonyl (C=O) groups is 2. The average Bonchev–Trinajstić information content (AvgIpc) is 3.38. The van der Waals surface area contributed by atoms with Crippen LogP contribution in [0.1, 0.15) is 111 Å². The molecular formula is C32H47N3O6S2. The summed E-state index contributed by atoms with van der Waals surface area (Å²) in [7, 11) is -3.93. The molecule has 0 unspecified atom stereocenters. The van der Waals surface area contributed by atoms with Gasteiger partial charge in [-0.25, -0.2) is 22.9 Å². The number of anilines is 1. The summed E-state index contributed by atoms with van der Waals surface area (Å²) in [6.45, 7) is 12.6. The Morgan fingerprint density at radius 3 is 2.21 bits per heavy atom. The molecule has 9 nitrogen and oxygen atoms in total. The maximum Gasteiger partial charge on any atom is 0.411 e. The zero-order valence-electron chi connectivity index (χ0n) is 26.5. The Labute approximate surface area is 260 Å². The van der Waals surface area contributed by atoms with E-state index in [0.29, 0.717) is 23.1 Å². The molecule has 0 radical (unpaired) electrons. The highest BCUT2D eigenvalue weighted by Gasteiger charge is 2.50. The summed E-state index contributed by atoms with van der Waals surface area (Å²) < 4.78 is 40.5. The maximum atomic E-state index is 13.6. The van der Waals surface area contributed by atoms with Crippen molar-refractivity contribution >= 4 is 39.1 Å². The Morgan fingerprint density at radius 2 is 1.63 bits per heavy atom. The van der Waals surface area contributed by atoms with Crippen molar-refractivity contribution in [2.75, 3.05) is 5.32 Å². The van der Waals surface area contributed by atoms with Crippen LogP contribution in [0, 0.1) is 5.41 Å². The van der Waals surface area contributed by atoms with E-state index in [2.05, 4.69) is 10.0 Å². The fourth-order valence-electron chi connectivity index (χ4n) is 6.38. The number of benzene rings is 1.